The molecule has 0 saturated heterocycles. The number of carbonyl (C=O) groups excluding carboxylic acids is 2. The molecule has 3 heterocycles. The van der Waals surface area contributed by atoms with E-state index in [9.17, 15) is 9.59 Å². The Kier molecular flexibility index (Phi) is 4.79. The number of nitrogens with one attached hydrogen (secondary N) is 1. The molecule has 7 nitrogen and oxygen atoms in total. The molecule has 2 aromatic heterocycles. The number of esters is 1. The van der Waals surface area contributed by atoms with Gasteiger partial charge in [0.25, 0.3) is 0 Å². The lowest BCUT2D eigenvalue weighted by atomic mass is 10.1. The van der Waals surface area contributed by atoms with E-state index >= 15 is 0 Å². The van der Waals surface area contributed by atoms with Crippen molar-refractivity contribution in [1.29, 1.82) is 0 Å². The van der Waals surface area contributed by atoms with Crippen molar-refractivity contribution in [2.24, 2.45) is 0 Å². The van der Waals surface area contributed by atoms with Crippen LogP contribution in [0.5, 0.6) is 0 Å². The van der Waals surface area contributed by atoms with Crippen LogP contribution in [-0.2, 0) is 27.4 Å². The number of hydrogen-bond donors (Lipinski definition) is 1. The van der Waals surface area contributed by atoms with Gasteiger partial charge in [0.05, 0.1) is 19.0 Å². The van der Waals surface area contributed by atoms with E-state index in [1.807, 2.05) is 30.3 Å². The third-order valence-corrected chi connectivity index (χ3v) is 5.82. The standard InChI is InChI=1S/C20H18N4O3S/c1-3-15(25)24-9-13-14(10-24)28-19-16(13)18(21-11-22-19)23-17(20(26)27-2)12-7-5-4-6-8-12/h3-8,11,17H,1,9-10H2,2H3,(H,21,22,23). The fourth-order valence-electron chi connectivity index (χ4n) is 3.32. The molecule has 1 unspecified atom stereocenters. The van der Waals surface area contributed by atoms with E-state index in [0.717, 1.165) is 26.2 Å². The third kappa shape index (κ3) is 3.11. The van der Waals surface area contributed by atoms with E-state index in [1.54, 1.807) is 4.90 Å². The zero-order valence-corrected chi connectivity index (χ0v) is 16.0. The van der Waals surface area contributed by atoms with Crippen LogP contribution in [0.25, 0.3) is 10.2 Å². The maximum atomic E-state index is 12.4. The van der Waals surface area contributed by atoms with E-state index in [4.69, 9.17) is 4.74 Å². The first-order valence-electron chi connectivity index (χ1n) is 8.68. The van der Waals surface area contributed by atoms with Gasteiger partial charge < -0.3 is 15.0 Å². The molecule has 0 aliphatic carbocycles. The Hall–Kier alpha value is -3.26. The molecule has 0 bridgehead atoms. The quantitative estimate of drug-likeness (QED) is 0.529. The highest BCUT2D eigenvalue weighted by Crippen LogP contribution is 2.40. The second-order valence-corrected chi connectivity index (χ2v) is 7.40. The predicted molar refractivity (Wildman–Crippen MR) is 107 cm³/mol. The van der Waals surface area contributed by atoms with Gasteiger partial charge in [-0.2, -0.15) is 0 Å². The largest absolute Gasteiger partial charge is 0.467 e. The number of nitrogens with zero attached hydrogens (tertiary/aromatic N) is 3. The van der Waals surface area contributed by atoms with Crippen LogP contribution < -0.4 is 5.32 Å². The Morgan fingerprint density at radius 2 is 2.07 bits per heavy atom. The number of carbonyl (C=O) groups is 2. The molecule has 0 fully saturated rings. The molecule has 28 heavy (non-hydrogen) atoms. The van der Waals surface area contributed by atoms with Crippen LogP contribution in [-0.4, -0.2) is 33.9 Å². The van der Waals surface area contributed by atoms with Gasteiger partial charge in [0, 0.05) is 17.0 Å². The number of hydrogen-bond acceptors (Lipinski definition) is 7. The van der Waals surface area contributed by atoms with Gasteiger partial charge in [-0.05, 0) is 11.6 Å². The second-order valence-electron chi connectivity index (χ2n) is 6.32. The highest BCUT2D eigenvalue weighted by atomic mass is 32.1. The van der Waals surface area contributed by atoms with Crippen LogP contribution >= 0.6 is 11.3 Å². The van der Waals surface area contributed by atoms with Crippen molar-refractivity contribution in [3.05, 3.63) is 65.3 Å². The first-order chi connectivity index (χ1) is 13.6. The smallest absolute Gasteiger partial charge is 0.333 e. The molecule has 1 amide bonds. The van der Waals surface area contributed by atoms with Gasteiger partial charge in [0.1, 0.15) is 17.0 Å². The number of methoxy groups -OCH3 is 1. The zero-order chi connectivity index (χ0) is 19.7. The summed E-state index contributed by atoms with van der Waals surface area (Å²) in [6.07, 6.45) is 2.79. The Morgan fingerprint density at radius 1 is 1.29 bits per heavy atom. The number of rotatable bonds is 5. The van der Waals surface area contributed by atoms with Crippen molar-refractivity contribution in [3.63, 3.8) is 0 Å². The normalized spacial score (nSPS) is 13.8. The summed E-state index contributed by atoms with van der Waals surface area (Å²) in [7, 11) is 1.36. The van der Waals surface area contributed by atoms with Crippen molar-refractivity contribution < 1.29 is 14.3 Å². The van der Waals surface area contributed by atoms with E-state index in [2.05, 4.69) is 21.9 Å². The van der Waals surface area contributed by atoms with Crippen molar-refractivity contribution in [2.75, 3.05) is 12.4 Å². The molecule has 4 rings (SSSR count). The number of thiophene rings is 1. The van der Waals surface area contributed by atoms with Gasteiger partial charge in [-0.25, -0.2) is 14.8 Å². The Morgan fingerprint density at radius 3 is 2.79 bits per heavy atom. The number of aromatic nitrogens is 2. The maximum absolute atomic E-state index is 12.4. The van der Waals surface area contributed by atoms with Crippen LogP contribution in [0.1, 0.15) is 22.0 Å². The minimum Gasteiger partial charge on any atom is -0.467 e. The maximum Gasteiger partial charge on any atom is 0.333 e. The highest BCUT2D eigenvalue weighted by molar-refractivity contribution is 7.19. The number of anilines is 1. The van der Waals surface area contributed by atoms with Gasteiger partial charge >= 0.3 is 5.97 Å². The number of fused-ring (bicyclic) bond motifs is 3. The molecule has 3 aromatic rings. The van der Waals surface area contributed by atoms with Gasteiger partial charge in [-0.15, -0.1) is 11.3 Å². The molecule has 0 radical (unpaired) electrons. The average Bonchev–Trinajstić information content (AvgIpc) is 3.29. The molecule has 8 heteroatoms. The van der Waals surface area contributed by atoms with Gasteiger partial charge in [-0.3, -0.25) is 4.79 Å². The molecule has 1 aromatic carbocycles. The third-order valence-electron chi connectivity index (χ3n) is 4.69. The molecule has 1 aliphatic rings. The Labute approximate surface area is 165 Å². The predicted octanol–water partition coefficient (Wildman–Crippen LogP) is 3.05. The molecular weight excluding hydrogens is 376 g/mol. The van der Waals surface area contributed by atoms with Crippen molar-refractivity contribution in [2.45, 2.75) is 19.1 Å². The average molecular weight is 394 g/mol. The molecule has 1 atom stereocenters. The van der Waals surface area contributed by atoms with Crippen molar-refractivity contribution >= 4 is 39.2 Å². The van der Waals surface area contributed by atoms with Gasteiger partial charge in [0.15, 0.2) is 6.04 Å². The minimum absolute atomic E-state index is 0.111. The van der Waals surface area contributed by atoms with Crippen LogP contribution in [0.15, 0.2) is 49.3 Å². The van der Waals surface area contributed by atoms with Crippen LogP contribution in [0.4, 0.5) is 5.82 Å². The summed E-state index contributed by atoms with van der Waals surface area (Å²) in [5.41, 5.74) is 1.78. The summed E-state index contributed by atoms with van der Waals surface area (Å²) in [6, 6.07) is 8.63. The van der Waals surface area contributed by atoms with Crippen LogP contribution in [0.2, 0.25) is 0 Å². The summed E-state index contributed by atoms with van der Waals surface area (Å²) in [4.78, 5) is 36.8. The Balaban J connectivity index is 1.74. The van der Waals surface area contributed by atoms with Crippen molar-refractivity contribution in [3.8, 4) is 0 Å². The SMILES string of the molecule is C=CC(=O)N1Cc2sc3ncnc(NC(C(=O)OC)c4ccccc4)c3c2C1. The molecular formula is C20H18N4O3S. The topological polar surface area (TPSA) is 84.4 Å². The van der Waals surface area contributed by atoms with Crippen molar-refractivity contribution in [1.82, 2.24) is 14.9 Å². The van der Waals surface area contributed by atoms with Crippen LogP contribution in [0.3, 0.4) is 0 Å². The monoisotopic (exact) mass is 394 g/mol. The lowest BCUT2D eigenvalue weighted by Gasteiger charge is -2.18. The van der Waals surface area contributed by atoms with E-state index in [1.165, 1.54) is 30.8 Å². The number of benzene rings is 1. The lowest BCUT2D eigenvalue weighted by Crippen LogP contribution is -2.23. The summed E-state index contributed by atoms with van der Waals surface area (Å²) < 4.78 is 4.98. The Bertz CT molecular complexity index is 1060. The van der Waals surface area contributed by atoms with E-state index in [0.29, 0.717) is 18.9 Å². The lowest BCUT2D eigenvalue weighted by molar-refractivity contribution is -0.141. The first kappa shape index (κ1) is 18.1. The molecule has 1 N–H and O–H groups in total. The molecule has 142 valence electrons. The highest BCUT2D eigenvalue weighted by Gasteiger charge is 2.30. The summed E-state index contributed by atoms with van der Waals surface area (Å²) in [5.74, 6) is 0.0302. The molecule has 1 aliphatic heterocycles. The zero-order valence-electron chi connectivity index (χ0n) is 15.2. The molecule has 0 spiro atoms. The summed E-state index contributed by atoms with van der Waals surface area (Å²) in [5, 5.41) is 4.06. The fourth-order valence-corrected chi connectivity index (χ4v) is 4.49. The van der Waals surface area contributed by atoms with Gasteiger partial charge in [0.2, 0.25) is 5.91 Å². The van der Waals surface area contributed by atoms with Gasteiger partial charge in [-0.1, -0.05) is 36.9 Å². The minimum atomic E-state index is -0.702. The molecule has 0 saturated carbocycles. The summed E-state index contributed by atoms with van der Waals surface area (Å²) in [6.45, 7) is 4.55. The number of amides is 1. The fraction of sp³-hybridized carbons (Fsp3) is 0.200. The second kappa shape index (κ2) is 7.40. The number of ether oxygens (including phenoxy) is 1. The summed E-state index contributed by atoms with van der Waals surface area (Å²) >= 11 is 1.53. The van der Waals surface area contributed by atoms with Crippen LogP contribution in [0, 0.1) is 0 Å². The van der Waals surface area contributed by atoms with E-state index in [-0.39, 0.29) is 5.91 Å². The van der Waals surface area contributed by atoms with E-state index < -0.39 is 12.0 Å². The first-order valence-corrected chi connectivity index (χ1v) is 9.50.